The quantitative estimate of drug-likeness (QED) is 0.816. The first-order valence-electron chi connectivity index (χ1n) is 6.12. The zero-order chi connectivity index (χ0) is 14.7. The number of nitrogens with one attached hydrogen (secondary N) is 1. The van der Waals surface area contributed by atoms with Crippen molar-refractivity contribution in [1.29, 1.82) is 0 Å². The van der Waals surface area contributed by atoms with Crippen LogP contribution in [0.25, 0.3) is 0 Å². The van der Waals surface area contributed by atoms with E-state index in [-0.39, 0.29) is 0 Å². The largest absolute Gasteiger partial charge is 0.379 e. The summed E-state index contributed by atoms with van der Waals surface area (Å²) in [6, 6.07) is 11.3. The van der Waals surface area contributed by atoms with Crippen molar-refractivity contribution in [1.82, 2.24) is 0 Å². The maximum absolute atomic E-state index is 6.23. The van der Waals surface area contributed by atoms with E-state index in [9.17, 15) is 0 Å². The van der Waals surface area contributed by atoms with Gasteiger partial charge in [0.2, 0.25) is 0 Å². The van der Waals surface area contributed by atoms with Crippen LogP contribution in [0.3, 0.4) is 0 Å². The molecule has 0 spiro atoms. The van der Waals surface area contributed by atoms with Gasteiger partial charge in [-0.1, -0.05) is 40.9 Å². The van der Waals surface area contributed by atoms with Crippen molar-refractivity contribution in [2.45, 2.75) is 6.54 Å². The fourth-order valence-corrected chi connectivity index (χ4v) is 2.94. The molecule has 0 atom stereocenters. The Labute approximate surface area is 134 Å². The fourth-order valence-electron chi connectivity index (χ4n) is 2.02. The van der Waals surface area contributed by atoms with Gasteiger partial charge < -0.3 is 10.2 Å². The van der Waals surface area contributed by atoms with Gasteiger partial charge in [-0.25, -0.2) is 0 Å². The van der Waals surface area contributed by atoms with Crippen LogP contribution >= 0.6 is 34.8 Å². The van der Waals surface area contributed by atoms with Crippen molar-refractivity contribution in [3.63, 3.8) is 0 Å². The zero-order valence-corrected chi connectivity index (χ0v) is 13.5. The lowest BCUT2D eigenvalue weighted by Crippen LogP contribution is -2.12. The highest BCUT2D eigenvalue weighted by Gasteiger charge is 2.09. The Morgan fingerprint density at radius 1 is 1.00 bits per heavy atom. The normalized spacial score (nSPS) is 10.4. The van der Waals surface area contributed by atoms with Crippen LogP contribution in [0.2, 0.25) is 15.1 Å². The molecule has 0 bridgehead atoms. The number of hydrogen-bond donors (Lipinski definition) is 1. The molecule has 0 heterocycles. The van der Waals surface area contributed by atoms with Gasteiger partial charge in [-0.05, 0) is 35.9 Å². The summed E-state index contributed by atoms with van der Waals surface area (Å²) in [5, 5.41) is 5.34. The van der Waals surface area contributed by atoms with Gasteiger partial charge in [-0.3, -0.25) is 0 Å². The van der Waals surface area contributed by atoms with E-state index >= 15 is 0 Å². The van der Waals surface area contributed by atoms with Gasteiger partial charge in [0.1, 0.15) is 0 Å². The monoisotopic (exact) mass is 328 g/mol. The molecule has 0 fully saturated rings. The second-order valence-corrected chi connectivity index (χ2v) is 5.94. The molecule has 0 aliphatic rings. The second-order valence-electron chi connectivity index (χ2n) is 4.66. The third-order valence-electron chi connectivity index (χ3n) is 2.84. The van der Waals surface area contributed by atoms with Gasteiger partial charge in [-0.2, -0.15) is 0 Å². The topological polar surface area (TPSA) is 15.3 Å². The average Bonchev–Trinajstić information content (AvgIpc) is 2.34. The van der Waals surface area contributed by atoms with Gasteiger partial charge >= 0.3 is 0 Å². The molecular formula is C15H15Cl3N2. The van der Waals surface area contributed by atoms with Gasteiger partial charge in [0.25, 0.3) is 0 Å². The Balaban J connectivity index is 2.21. The Morgan fingerprint density at radius 3 is 2.25 bits per heavy atom. The molecule has 1 N–H and O–H groups in total. The second kappa shape index (κ2) is 6.57. The van der Waals surface area contributed by atoms with Crippen molar-refractivity contribution < 1.29 is 0 Å². The molecule has 2 rings (SSSR count). The highest BCUT2D eigenvalue weighted by atomic mass is 35.5. The van der Waals surface area contributed by atoms with Gasteiger partial charge in [0.05, 0.1) is 16.4 Å². The molecule has 0 aromatic heterocycles. The highest BCUT2D eigenvalue weighted by Crippen LogP contribution is 2.32. The van der Waals surface area contributed by atoms with E-state index < -0.39 is 0 Å². The molecule has 20 heavy (non-hydrogen) atoms. The van der Waals surface area contributed by atoms with Crippen LogP contribution in [0.1, 0.15) is 5.56 Å². The first-order chi connectivity index (χ1) is 9.47. The predicted octanol–water partition coefficient (Wildman–Crippen LogP) is 5.32. The maximum Gasteiger partial charge on any atom is 0.0786 e. The van der Waals surface area contributed by atoms with Gasteiger partial charge in [0.15, 0.2) is 0 Å². The Bertz CT molecular complexity index is 592. The van der Waals surface area contributed by atoms with Crippen molar-refractivity contribution in [3.8, 4) is 0 Å². The molecule has 2 aromatic rings. The van der Waals surface area contributed by atoms with Crippen molar-refractivity contribution in [3.05, 3.63) is 57.0 Å². The Morgan fingerprint density at radius 2 is 1.65 bits per heavy atom. The van der Waals surface area contributed by atoms with E-state index in [1.165, 1.54) is 0 Å². The van der Waals surface area contributed by atoms with Crippen LogP contribution in [0, 0.1) is 0 Å². The summed E-state index contributed by atoms with van der Waals surface area (Å²) in [5.74, 6) is 0. The third-order valence-corrected chi connectivity index (χ3v) is 3.58. The number of rotatable bonds is 4. The molecule has 0 aliphatic heterocycles. The molecule has 2 aromatic carbocycles. The van der Waals surface area contributed by atoms with Crippen molar-refractivity contribution >= 4 is 46.2 Å². The number of para-hydroxylation sites is 1. The summed E-state index contributed by atoms with van der Waals surface area (Å²) in [5.41, 5.74) is 2.95. The van der Waals surface area contributed by atoms with Crippen LogP contribution in [-0.4, -0.2) is 14.1 Å². The Kier molecular flexibility index (Phi) is 5.03. The summed E-state index contributed by atoms with van der Waals surface area (Å²) in [7, 11) is 3.92. The van der Waals surface area contributed by atoms with E-state index in [1.54, 1.807) is 6.07 Å². The van der Waals surface area contributed by atoms with Gasteiger partial charge in [-0.15, -0.1) is 0 Å². The number of benzene rings is 2. The number of anilines is 2. The lowest BCUT2D eigenvalue weighted by atomic mass is 10.2. The number of hydrogen-bond acceptors (Lipinski definition) is 2. The van der Waals surface area contributed by atoms with Gasteiger partial charge in [0, 0.05) is 30.7 Å². The highest BCUT2D eigenvalue weighted by molar-refractivity contribution is 6.34. The molecule has 0 saturated heterocycles. The van der Waals surface area contributed by atoms with Crippen LogP contribution < -0.4 is 10.2 Å². The van der Waals surface area contributed by atoms with E-state index in [4.69, 9.17) is 34.8 Å². The fraction of sp³-hybridized carbons (Fsp3) is 0.200. The minimum absolute atomic E-state index is 0.626. The van der Waals surface area contributed by atoms with E-state index in [2.05, 4.69) is 5.32 Å². The summed E-state index contributed by atoms with van der Waals surface area (Å²) in [6.45, 7) is 0.626. The average molecular weight is 330 g/mol. The summed E-state index contributed by atoms with van der Waals surface area (Å²) >= 11 is 18.2. The van der Waals surface area contributed by atoms with Crippen LogP contribution in [0.15, 0.2) is 36.4 Å². The molecule has 0 amide bonds. The van der Waals surface area contributed by atoms with Crippen LogP contribution in [0.5, 0.6) is 0 Å². The maximum atomic E-state index is 6.23. The molecular weight excluding hydrogens is 315 g/mol. The van der Waals surface area contributed by atoms with Crippen LogP contribution in [-0.2, 0) is 6.54 Å². The summed E-state index contributed by atoms with van der Waals surface area (Å²) < 4.78 is 0. The number of nitrogens with zero attached hydrogens (tertiary/aromatic N) is 1. The molecule has 0 radical (unpaired) electrons. The Hall–Kier alpha value is -1.09. The van der Waals surface area contributed by atoms with E-state index in [0.717, 1.165) is 16.9 Å². The first kappa shape index (κ1) is 15.3. The smallest absolute Gasteiger partial charge is 0.0786 e. The van der Waals surface area contributed by atoms with Crippen LogP contribution in [0.4, 0.5) is 11.4 Å². The summed E-state index contributed by atoms with van der Waals surface area (Å²) in [6.07, 6.45) is 0. The predicted molar refractivity (Wildman–Crippen MR) is 89.6 cm³/mol. The molecule has 106 valence electrons. The van der Waals surface area contributed by atoms with Crippen molar-refractivity contribution in [2.24, 2.45) is 0 Å². The lowest BCUT2D eigenvalue weighted by Gasteiger charge is -2.20. The molecule has 2 nitrogen and oxygen atoms in total. The zero-order valence-electron chi connectivity index (χ0n) is 11.3. The summed E-state index contributed by atoms with van der Waals surface area (Å²) in [4.78, 5) is 1.98. The standard InChI is InChI=1S/C15H15Cl3N2/c1-20(2)15-13(18)4-3-5-14(15)19-9-10-6-11(16)8-12(17)7-10/h3-8,19H,9H2,1-2H3. The molecule has 0 unspecified atom stereocenters. The molecule has 0 saturated carbocycles. The van der Waals surface area contributed by atoms with E-state index in [0.29, 0.717) is 21.6 Å². The lowest BCUT2D eigenvalue weighted by molar-refractivity contribution is 1.10. The SMILES string of the molecule is CN(C)c1c(Cl)cccc1NCc1cc(Cl)cc(Cl)c1. The number of halogens is 3. The molecule has 0 aliphatic carbocycles. The third kappa shape index (κ3) is 3.72. The van der Waals surface area contributed by atoms with E-state index in [1.807, 2.05) is 49.3 Å². The van der Waals surface area contributed by atoms with Crippen molar-refractivity contribution in [2.75, 3.05) is 24.3 Å². The minimum Gasteiger partial charge on any atom is -0.379 e. The first-order valence-corrected chi connectivity index (χ1v) is 7.25. The minimum atomic E-state index is 0.626. The molecule has 5 heteroatoms.